The quantitative estimate of drug-likeness (QED) is 0.710. The van der Waals surface area contributed by atoms with Gasteiger partial charge in [0.25, 0.3) is 0 Å². The molecule has 3 aliphatic rings. The number of hydrogen-bond donors (Lipinski definition) is 1. The van der Waals surface area contributed by atoms with Gasteiger partial charge in [0.15, 0.2) is 0 Å². The Bertz CT molecular complexity index is 735. The number of urea groups is 1. The van der Waals surface area contributed by atoms with Crippen LogP contribution in [-0.2, 0) is 16.0 Å². The Morgan fingerprint density at radius 1 is 0.875 bits per heavy atom. The number of nitrogens with zero attached hydrogens (tertiary/aromatic N) is 3. The second-order valence-electron chi connectivity index (χ2n) is 9.56. The molecule has 1 saturated carbocycles. The maximum absolute atomic E-state index is 12.7. The summed E-state index contributed by atoms with van der Waals surface area (Å²) in [5.41, 5.74) is 1.45. The third kappa shape index (κ3) is 6.45. The molecule has 4 rings (SSSR count). The van der Waals surface area contributed by atoms with Crippen molar-refractivity contribution in [2.24, 2.45) is 5.92 Å². The Hall–Kier alpha value is -2.12. The van der Waals surface area contributed by atoms with Crippen molar-refractivity contribution in [3.05, 3.63) is 35.9 Å². The number of hydrogen-bond acceptors (Lipinski definition) is 5. The van der Waals surface area contributed by atoms with Crippen molar-refractivity contribution >= 4 is 12.0 Å². The van der Waals surface area contributed by atoms with Crippen LogP contribution in [0.3, 0.4) is 0 Å². The van der Waals surface area contributed by atoms with E-state index in [4.69, 9.17) is 4.74 Å². The van der Waals surface area contributed by atoms with Crippen LogP contribution in [0.1, 0.15) is 51.0 Å². The van der Waals surface area contributed by atoms with Crippen molar-refractivity contribution in [2.45, 2.75) is 64.0 Å². The van der Waals surface area contributed by atoms with Gasteiger partial charge >= 0.3 is 12.0 Å². The summed E-state index contributed by atoms with van der Waals surface area (Å²) in [6.07, 6.45) is 7.10. The number of piperidine rings is 1. The number of esters is 1. The topological polar surface area (TPSA) is 65.1 Å². The monoisotopic (exact) mass is 442 g/mol. The van der Waals surface area contributed by atoms with E-state index in [0.717, 1.165) is 70.9 Å². The molecule has 2 heterocycles. The Kier molecular flexibility index (Phi) is 8.03. The fraction of sp³-hybridized carbons (Fsp3) is 0.680. The maximum atomic E-state index is 12.7. The van der Waals surface area contributed by atoms with E-state index in [1.165, 1.54) is 31.7 Å². The van der Waals surface area contributed by atoms with Crippen LogP contribution in [0.25, 0.3) is 0 Å². The minimum Gasteiger partial charge on any atom is -0.463 e. The Morgan fingerprint density at radius 2 is 1.50 bits per heavy atom. The Labute approximate surface area is 192 Å². The van der Waals surface area contributed by atoms with E-state index in [2.05, 4.69) is 45.7 Å². The van der Waals surface area contributed by atoms with Crippen molar-refractivity contribution in [2.75, 3.05) is 39.3 Å². The second kappa shape index (κ2) is 11.1. The number of nitrogens with one attached hydrogen (secondary N) is 1. The highest BCUT2D eigenvalue weighted by atomic mass is 16.5. The molecule has 0 bridgehead atoms. The first-order valence-electron chi connectivity index (χ1n) is 12.3. The number of benzene rings is 1. The van der Waals surface area contributed by atoms with Crippen LogP contribution in [0, 0.1) is 5.92 Å². The molecule has 0 aromatic heterocycles. The van der Waals surface area contributed by atoms with Crippen molar-refractivity contribution in [3.8, 4) is 0 Å². The molecule has 0 spiro atoms. The predicted octanol–water partition coefficient (Wildman–Crippen LogP) is 3.06. The highest BCUT2D eigenvalue weighted by Crippen LogP contribution is 2.24. The molecule has 1 aromatic rings. The van der Waals surface area contributed by atoms with Gasteiger partial charge in [-0.05, 0) is 56.4 Å². The zero-order valence-electron chi connectivity index (χ0n) is 19.4. The van der Waals surface area contributed by atoms with Crippen LogP contribution in [0.5, 0.6) is 0 Å². The first-order valence-corrected chi connectivity index (χ1v) is 12.3. The average molecular weight is 443 g/mol. The first-order chi connectivity index (χ1) is 15.6. The van der Waals surface area contributed by atoms with Crippen LogP contribution in [0.15, 0.2) is 30.3 Å². The van der Waals surface area contributed by atoms with Gasteiger partial charge in [-0.15, -0.1) is 0 Å². The lowest BCUT2D eigenvalue weighted by Crippen LogP contribution is -2.58. The lowest BCUT2D eigenvalue weighted by atomic mass is 9.91. The average Bonchev–Trinajstić information content (AvgIpc) is 2.81. The summed E-state index contributed by atoms with van der Waals surface area (Å²) < 4.78 is 5.29. The fourth-order valence-corrected chi connectivity index (χ4v) is 5.36. The third-order valence-corrected chi connectivity index (χ3v) is 7.24. The summed E-state index contributed by atoms with van der Waals surface area (Å²) in [5, 5.41) is 8.16. The molecule has 0 radical (unpaired) electrons. The maximum Gasteiger partial charge on any atom is 0.317 e. The smallest absolute Gasteiger partial charge is 0.317 e. The number of piperazine rings is 1. The van der Waals surface area contributed by atoms with E-state index in [1.54, 1.807) is 0 Å². The Balaban J connectivity index is 1.13. The highest BCUT2D eigenvalue weighted by molar-refractivity contribution is 5.74. The molecule has 176 valence electrons. The molecule has 1 N–H and O–H groups in total. The summed E-state index contributed by atoms with van der Waals surface area (Å²) in [6, 6.07) is 11.1. The van der Waals surface area contributed by atoms with Crippen LogP contribution < -0.4 is 5.32 Å². The number of carbonyl (C=O) groups is 2. The minimum atomic E-state index is -0.212. The third-order valence-electron chi connectivity index (χ3n) is 7.24. The number of carbonyl (C=O) groups excluding carboxylic acids is 2. The molecule has 7 nitrogen and oxygen atoms in total. The summed E-state index contributed by atoms with van der Waals surface area (Å²) in [6.45, 7) is 7.08. The number of hydrazine groups is 1. The molecule has 7 heteroatoms. The van der Waals surface area contributed by atoms with E-state index in [1.807, 2.05) is 4.90 Å². The van der Waals surface area contributed by atoms with E-state index >= 15 is 0 Å². The summed E-state index contributed by atoms with van der Waals surface area (Å²) >= 11 is 0. The van der Waals surface area contributed by atoms with Gasteiger partial charge in [-0.2, -0.15) is 0 Å². The predicted molar refractivity (Wildman–Crippen MR) is 124 cm³/mol. The molecular formula is C25H38N4O3. The van der Waals surface area contributed by atoms with Crippen molar-refractivity contribution in [1.29, 1.82) is 0 Å². The van der Waals surface area contributed by atoms with Crippen LogP contribution in [0.4, 0.5) is 4.79 Å². The van der Waals surface area contributed by atoms with E-state index in [0.29, 0.717) is 0 Å². The number of amides is 2. The van der Waals surface area contributed by atoms with Gasteiger partial charge in [0.2, 0.25) is 0 Å². The molecule has 1 aromatic carbocycles. The van der Waals surface area contributed by atoms with Gasteiger partial charge in [0.1, 0.15) is 6.10 Å². The van der Waals surface area contributed by atoms with Gasteiger partial charge in [-0.25, -0.2) is 14.8 Å². The second-order valence-corrected chi connectivity index (χ2v) is 9.56. The van der Waals surface area contributed by atoms with Crippen LogP contribution >= 0.6 is 0 Å². The van der Waals surface area contributed by atoms with E-state index in [9.17, 15) is 9.59 Å². The number of ether oxygens (including phenoxy) is 1. The molecule has 0 atom stereocenters. The number of rotatable bonds is 5. The van der Waals surface area contributed by atoms with Gasteiger partial charge in [-0.1, -0.05) is 30.3 Å². The molecule has 3 fully saturated rings. The van der Waals surface area contributed by atoms with Gasteiger partial charge in [-0.3, -0.25) is 4.79 Å². The lowest BCUT2D eigenvalue weighted by Gasteiger charge is -2.44. The lowest BCUT2D eigenvalue weighted by molar-refractivity contribution is -0.147. The minimum absolute atomic E-state index is 0.0148. The zero-order valence-corrected chi connectivity index (χ0v) is 19.4. The van der Waals surface area contributed by atoms with Crippen LogP contribution in [0.2, 0.25) is 0 Å². The molecule has 2 aliphatic heterocycles. The zero-order chi connectivity index (χ0) is 22.3. The normalized spacial score (nSPS) is 26.0. The molecule has 2 amide bonds. The van der Waals surface area contributed by atoms with E-state index in [-0.39, 0.29) is 24.1 Å². The van der Waals surface area contributed by atoms with Crippen LogP contribution in [-0.4, -0.2) is 78.3 Å². The van der Waals surface area contributed by atoms with Gasteiger partial charge < -0.3 is 15.0 Å². The van der Waals surface area contributed by atoms with Crippen molar-refractivity contribution < 1.29 is 14.3 Å². The van der Waals surface area contributed by atoms with E-state index < -0.39 is 0 Å². The molecule has 1 aliphatic carbocycles. The molecule has 32 heavy (non-hydrogen) atoms. The van der Waals surface area contributed by atoms with Crippen molar-refractivity contribution in [3.63, 3.8) is 0 Å². The van der Waals surface area contributed by atoms with Crippen molar-refractivity contribution in [1.82, 2.24) is 20.2 Å². The Morgan fingerprint density at radius 3 is 2.12 bits per heavy atom. The molecule has 0 unspecified atom stereocenters. The van der Waals surface area contributed by atoms with Gasteiger partial charge in [0.05, 0.1) is 0 Å². The first kappa shape index (κ1) is 23.1. The largest absolute Gasteiger partial charge is 0.463 e. The van der Waals surface area contributed by atoms with Gasteiger partial charge in [0, 0.05) is 52.2 Å². The highest BCUT2D eigenvalue weighted by Gasteiger charge is 2.30. The SMILES string of the molecule is CC(=O)OC1CCC(NC(=O)N2CCN(N3CCC(Cc4ccccc4)CC3)CC2)CC1. The summed E-state index contributed by atoms with van der Waals surface area (Å²) in [4.78, 5) is 25.8. The summed E-state index contributed by atoms with van der Waals surface area (Å²) in [5.74, 6) is 0.562. The summed E-state index contributed by atoms with van der Waals surface area (Å²) in [7, 11) is 0. The fourth-order valence-electron chi connectivity index (χ4n) is 5.36. The molecular weight excluding hydrogens is 404 g/mol. The molecule has 2 saturated heterocycles. The standard InChI is InChI=1S/C25H38N4O3/c1-20(30)32-24-9-7-23(8-10-24)26-25(31)27-15-17-29(18-16-27)28-13-11-22(12-14-28)19-21-5-3-2-4-6-21/h2-6,22-24H,7-19H2,1H3,(H,26,31).